The van der Waals surface area contributed by atoms with E-state index in [0.717, 1.165) is 37.0 Å². The first-order chi connectivity index (χ1) is 19.9. The Balaban J connectivity index is 0.000000821. The maximum atomic E-state index is 13.8. The molecular weight excluding hydrogens is 611 g/mol. The molecule has 1 aliphatic carbocycles. The number of anilines is 1. The number of halogens is 4. The van der Waals surface area contributed by atoms with Crippen LogP contribution in [0.15, 0.2) is 18.2 Å². The van der Waals surface area contributed by atoms with Gasteiger partial charge in [0.1, 0.15) is 4.88 Å². The van der Waals surface area contributed by atoms with Gasteiger partial charge in [-0.15, -0.1) is 21.5 Å². The van der Waals surface area contributed by atoms with Crippen LogP contribution in [0, 0.1) is 29.1 Å². The number of aromatic nitrogens is 2. The summed E-state index contributed by atoms with van der Waals surface area (Å²) in [4.78, 5) is 37.4. The zero-order valence-electron chi connectivity index (χ0n) is 24.5. The Morgan fingerprint density at radius 1 is 1.14 bits per heavy atom. The van der Waals surface area contributed by atoms with Gasteiger partial charge >= 0.3 is 18.1 Å². The topological polar surface area (TPSA) is 130 Å². The Kier molecular flexibility index (Phi) is 12.8. The second-order valence-electron chi connectivity index (χ2n) is 11.3. The molecule has 0 spiro atoms. The predicted molar refractivity (Wildman–Crippen MR) is 157 cm³/mol. The number of amides is 1. The van der Waals surface area contributed by atoms with Gasteiger partial charge in [-0.3, -0.25) is 4.79 Å². The minimum atomic E-state index is -5.08. The molecule has 236 valence electrons. The molecule has 2 N–H and O–H groups in total. The van der Waals surface area contributed by atoms with E-state index < -0.39 is 18.1 Å². The lowest BCUT2D eigenvalue weighted by Crippen LogP contribution is -2.44. The number of carboxylic acid groups (broad SMARTS) is 2. The molecular formula is C29H35ClF3N3O6S. The normalized spacial score (nSPS) is 17.4. The van der Waals surface area contributed by atoms with Gasteiger partial charge in [0.2, 0.25) is 11.8 Å². The fourth-order valence-electron chi connectivity index (χ4n) is 4.15. The van der Waals surface area contributed by atoms with Gasteiger partial charge in [0.15, 0.2) is 5.15 Å². The molecule has 1 atom stereocenters. The van der Waals surface area contributed by atoms with Crippen molar-refractivity contribution in [2.45, 2.75) is 78.9 Å². The fraction of sp³-hybridized carbons (Fsp3) is 0.552. The van der Waals surface area contributed by atoms with Crippen molar-refractivity contribution in [3.8, 4) is 17.7 Å². The van der Waals surface area contributed by atoms with Crippen LogP contribution in [0.25, 0.3) is 0 Å². The van der Waals surface area contributed by atoms with Gasteiger partial charge in [-0.1, -0.05) is 30.4 Å². The van der Waals surface area contributed by atoms with Gasteiger partial charge in [0, 0.05) is 29.9 Å². The molecule has 14 heteroatoms. The summed E-state index contributed by atoms with van der Waals surface area (Å²) in [5.74, 6) is 3.23. The smallest absolute Gasteiger partial charge is 0.477 e. The number of hydrogen-bond acceptors (Lipinski definition) is 7. The van der Waals surface area contributed by atoms with Crippen molar-refractivity contribution in [2.24, 2.45) is 17.3 Å². The molecule has 3 rings (SSSR count). The van der Waals surface area contributed by atoms with E-state index in [1.807, 2.05) is 27.7 Å². The van der Waals surface area contributed by atoms with Gasteiger partial charge in [0.05, 0.1) is 17.2 Å². The molecule has 9 nitrogen and oxygen atoms in total. The maximum absolute atomic E-state index is 13.8. The Bertz CT molecular complexity index is 1320. The summed E-state index contributed by atoms with van der Waals surface area (Å²) in [6.45, 7) is 10.4. The first-order valence-corrected chi connectivity index (χ1v) is 14.7. The SMILES string of the molecule is CC1CCC(C(=O)N(c2cc(C#CC(C)(C)C)sc2C(=O)O)[C@@H](C)CCOc2ccc(Cl)nn2)CC1.O=C(O)C(F)(F)F. The van der Waals surface area contributed by atoms with E-state index in [-0.39, 0.29) is 39.9 Å². The quantitative estimate of drug-likeness (QED) is 0.295. The molecule has 0 bridgehead atoms. The molecule has 1 fully saturated rings. The van der Waals surface area contributed by atoms with Gasteiger partial charge in [0.25, 0.3) is 0 Å². The molecule has 0 unspecified atom stereocenters. The van der Waals surface area contributed by atoms with Crippen LogP contribution in [-0.4, -0.2) is 57.1 Å². The highest BCUT2D eigenvalue weighted by Gasteiger charge is 2.38. The van der Waals surface area contributed by atoms with Crippen molar-refractivity contribution in [1.82, 2.24) is 10.2 Å². The number of thiophene rings is 1. The van der Waals surface area contributed by atoms with E-state index in [2.05, 4.69) is 29.0 Å². The second kappa shape index (κ2) is 15.4. The first-order valence-electron chi connectivity index (χ1n) is 13.5. The Labute approximate surface area is 257 Å². The highest BCUT2D eigenvalue weighted by molar-refractivity contribution is 7.15. The van der Waals surface area contributed by atoms with Crippen LogP contribution in [0.4, 0.5) is 18.9 Å². The summed E-state index contributed by atoms with van der Waals surface area (Å²) >= 11 is 6.89. The van der Waals surface area contributed by atoms with Gasteiger partial charge in [-0.2, -0.15) is 13.2 Å². The van der Waals surface area contributed by atoms with Crippen LogP contribution < -0.4 is 9.64 Å². The monoisotopic (exact) mass is 645 g/mol. The first kappa shape index (κ1) is 35.8. The van der Waals surface area contributed by atoms with Gasteiger partial charge < -0.3 is 19.8 Å². The average Bonchev–Trinajstić information content (AvgIpc) is 3.33. The van der Waals surface area contributed by atoms with Crippen molar-refractivity contribution in [3.05, 3.63) is 33.1 Å². The number of carboxylic acids is 2. The zero-order valence-corrected chi connectivity index (χ0v) is 26.1. The number of alkyl halides is 3. The minimum Gasteiger partial charge on any atom is -0.477 e. The predicted octanol–water partition coefficient (Wildman–Crippen LogP) is 6.94. The number of nitrogens with zero attached hydrogens (tertiary/aromatic N) is 3. The molecule has 43 heavy (non-hydrogen) atoms. The maximum Gasteiger partial charge on any atom is 0.490 e. The van der Waals surface area contributed by atoms with Crippen LogP contribution in [0.1, 0.15) is 81.3 Å². The summed E-state index contributed by atoms with van der Waals surface area (Å²) < 4.78 is 37.4. The van der Waals surface area contributed by atoms with E-state index in [0.29, 0.717) is 28.8 Å². The standard InChI is InChI=1S/C27H34ClN3O4S.C2HF3O2/c1-17-6-8-19(9-7-17)25(32)31(18(2)13-15-35-23-11-10-22(28)29-30-23)21-16-20(12-14-27(3,4)5)36-24(21)26(33)34;3-2(4,5)1(6)7/h10-11,16-19H,6-9,13,15H2,1-5H3,(H,33,34);(H,6,7)/t17?,18-,19?;/m0./s1. The van der Waals surface area contributed by atoms with Crippen molar-refractivity contribution < 1.29 is 42.5 Å². The molecule has 1 aliphatic rings. The molecule has 2 aromatic rings. The second-order valence-corrected chi connectivity index (χ2v) is 12.7. The van der Waals surface area contributed by atoms with E-state index in [1.165, 1.54) is 0 Å². The van der Waals surface area contributed by atoms with Crippen LogP contribution in [0.2, 0.25) is 5.15 Å². The number of carbonyl (C=O) groups excluding carboxylic acids is 1. The van der Waals surface area contributed by atoms with E-state index in [9.17, 15) is 27.9 Å². The lowest BCUT2D eigenvalue weighted by atomic mass is 9.82. The molecule has 2 heterocycles. The summed E-state index contributed by atoms with van der Waals surface area (Å²) in [7, 11) is 0. The fourth-order valence-corrected chi connectivity index (χ4v) is 5.09. The number of aliphatic carboxylic acids is 1. The highest BCUT2D eigenvalue weighted by Crippen LogP contribution is 2.36. The third-order valence-corrected chi connectivity index (χ3v) is 7.64. The number of ether oxygens (including phenoxy) is 1. The average molecular weight is 646 g/mol. The largest absolute Gasteiger partial charge is 0.490 e. The van der Waals surface area contributed by atoms with Crippen molar-refractivity contribution in [2.75, 3.05) is 11.5 Å². The van der Waals surface area contributed by atoms with Crippen molar-refractivity contribution in [3.63, 3.8) is 0 Å². The van der Waals surface area contributed by atoms with E-state index in [1.54, 1.807) is 23.1 Å². The summed E-state index contributed by atoms with van der Waals surface area (Å²) in [5.41, 5.74) is 0.185. The van der Waals surface area contributed by atoms with Crippen molar-refractivity contribution >= 4 is 46.5 Å². The lowest BCUT2D eigenvalue weighted by molar-refractivity contribution is -0.192. The molecule has 2 aromatic heterocycles. The number of aromatic carboxylic acids is 1. The Morgan fingerprint density at radius 2 is 1.74 bits per heavy atom. The molecule has 1 amide bonds. The molecule has 0 radical (unpaired) electrons. The Hall–Kier alpha value is -3.37. The lowest BCUT2D eigenvalue weighted by Gasteiger charge is -2.34. The third-order valence-electron chi connectivity index (χ3n) is 6.41. The highest BCUT2D eigenvalue weighted by atomic mass is 35.5. The van der Waals surface area contributed by atoms with Crippen molar-refractivity contribution in [1.29, 1.82) is 0 Å². The van der Waals surface area contributed by atoms with E-state index in [4.69, 9.17) is 26.2 Å². The minimum absolute atomic E-state index is 0.0312. The van der Waals surface area contributed by atoms with Gasteiger partial charge in [-0.05, 0) is 71.4 Å². The molecule has 1 saturated carbocycles. The number of carbonyl (C=O) groups is 3. The van der Waals surface area contributed by atoms with Crippen LogP contribution in [0.5, 0.6) is 5.88 Å². The van der Waals surface area contributed by atoms with Crippen LogP contribution >= 0.6 is 22.9 Å². The van der Waals surface area contributed by atoms with Crippen LogP contribution in [0.3, 0.4) is 0 Å². The number of hydrogen-bond donors (Lipinski definition) is 2. The Morgan fingerprint density at radius 3 is 2.23 bits per heavy atom. The summed E-state index contributed by atoms with van der Waals surface area (Å²) in [6, 6.07) is 4.68. The molecule has 0 aromatic carbocycles. The zero-order chi connectivity index (χ0) is 32.5. The van der Waals surface area contributed by atoms with Gasteiger partial charge in [-0.25, -0.2) is 9.59 Å². The van der Waals surface area contributed by atoms with E-state index >= 15 is 0 Å². The molecule has 0 aliphatic heterocycles. The van der Waals surface area contributed by atoms with Crippen LogP contribution in [-0.2, 0) is 9.59 Å². The third kappa shape index (κ3) is 11.7. The molecule has 0 saturated heterocycles. The summed E-state index contributed by atoms with van der Waals surface area (Å²) in [5, 5.41) is 25.1. The summed E-state index contributed by atoms with van der Waals surface area (Å²) in [6.07, 6.45) is -0.993. The number of rotatable bonds is 8.